The number of aromatic nitrogens is 1. The van der Waals surface area contributed by atoms with Crippen LogP contribution in [0.4, 0.5) is 0 Å². The Balaban J connectivity index is 0.00000168. The van der Waals surface area contributed by atoms with Crippen LogP contribution < -0.4 is 14.8 Å². The van der Waals surface area contributed by atoms with Gasteiger partial charge in [-0.25, -0.2) is 0 Å². The Morgan fingerprint density at radius 2 is 1.58 bits per heavy atom. The topological polar surface area (TPSA) is 31.4 Å². The van der Waals surface area contributed by atoms with Gasteiger partial charge in [0, 0.05) is 26.3 Å². The minimum atomic E-state index is -0.444. The summed E-state index contributed by atoms with van der Waals surface area (Å²) in [4.78, 5) is 4.57. The van der Waals surface area contributed by atoms with E-state index in [1.54, 1.807) is 0 Å². The van der Waals surface area contributed by atoms with Gasteiger partial charge in [-0.2, -0.15) is 0 Å². The molecule has 0 saturated carbocycles. The van der Waals surface area contributed by atoms with Crippen LogP contribution >= 0.6 is 0 Å². The first-order valence-corrected chi connectivity index (χ1v) is 8.16. The maximum atomic E-state index is 5.91. The van der Waals surface area contributed by atoms with E-state index in [9.17, 15) is 0 Å². The van der Waals surface area contributed by atoms with Gasteiger partial charge < -0.3 is 14.3 Å². The molecule has 3 nitrogen and oxygen atoms in total. The summed E-state index contributed by atoms with van der Waals surface area (Å²) in [6, 6.07) is 27.1. The molecule has 1 aliphatic rings. The van der Waals surface area contributed by atoms with Gasteiger partial charge in [-0.05, 0) is 34.7 Å². The fourth-order valence-electron chi connectivity index (χ4n) is 3.14. The molecule has 2 heterocycles. The fraction of sp³-hybridized carbons (Fsp3) is 0. The van der Waals surface area contributed by atoms with Gasteiger partial charge >= 0.3 is 7.12 Å². The van der Waals surface area contributed by atoms with Crippen LogP contribution in [-0.4, -0.2) is 12.1 Å². The van der Waals surface area contributed by atoms with Crippen LogP contribution in [0.2, 0.25) is 0 Å². The maximum absolute atomic E-state index is 5.91. The van der Waals surface area contributed by atoms with Crippen LogP contribution in [0.15, 0.2) is 79.0 Å². The predicted molar refractivity (Wildman–Crippen MR) is 99.1 cm³/mol. The Morgan fingerprint density at radius 1 is 0.846 bits per heavy atom. The molecule has 0 spiro atoms. The van der Waals surface area contributed by atoms with E-state index in [4.69, 9.17) is 9.31 Å². The van der Waals surface area contributed by atoms with Gasteiger partial charge in [-0.3, -0.25) is 0 Å². The van der Waals surface area contributed by atoms with Crippen molar-refractivity contribution in [2.24, 2.45) is 0 Å². The van der Waals surface area contributed by atoms with Crippen molar-refractivity contribution in [1.82, 2.24) is 4.98 Å². The summed E-state index contributed by atoms with van der Waals surface area (Å²) in [5, 5.41) is 2.27. The SMILES string of the molecule is [Ir].[c-]1ccc(B2Oc3ccccc3O2)cc1-c1nccc2ccccc12. The molecule has 0 fully saturated rings. The van der Waals surface area contributed by atoms with E-state index >= 15 is 0 Å². The minimum absolute atomic E-state index is 0. The van der Waals surface area contributed by atoms with Gasteiger partial charge in [-0.15, -0.1) is 29.8 Å². The average molecular weight is 514 g/mol. The summed E-state index contributed by atoms with van der Waals surface area (Å²) in [6.45, 7) is 0. The second-order valence-electron chi connectivity index (χ2n) is 5.93. The van der Waals surface area contributed by atoms with Gasteiger partial charge in [0.2, 0.25) is 0 Å². The number of rotatable bonds is 2. The predicted octanol–water partition coefficient (Wildman–Crippen LogP) is 3.87. The van der Waals surface area contributed by atoms with E-state index in [0.717, 1.165) is 39.0 Å². The van der Waals surface area contributed by atoms with E-state index in [-0.39, 0.29) is 20.1 Å². The van der Waals surface area contributed by atoms with Crippen molar-refractivity contribution in [3.8, 4) is 22.8 Å². The fourth-order valence-corrected chi connectivity index (χ4v) is 3.14. The van der Waals surface area contributed by atoms with Crippen LogP contribution in [-0.2, 0) is 20.1 Å². The Bertz CT molecular complexity index is 1060. The zero-order chi connectivity index (χ0) is 16.6. The van der Waals surface area contributed by atoms with Crippen molar-refractivity contribution in [3.63, 3.8) is 0 Å². The Kier molecular flexibility index (Phi) is 4.50. The number of para-hydroxylation sites is 2. The van der Waals surface area contributed by atoms with Crippen molar-refractivity contribution in [1.29, 1.82) is 0 Å². The van der Waals surface area contributed by atoms with Crippen molar-refractivity contribution in [3.05, 3.63) is 85.1 Å². The van der Waals surface area contributed by atoms with Gasteiger partial charge in [0.05, 0.1) is 0 Å². The summed E-state index contributed by atoms with van der Waals surface area (Å²) in [5.74, 6) is 1.54. The number of nitrogens with zero attached hydrogens (tertiary/aromatic N) is 1. The number of hydrogen-bond acceptors (Lipinski definition) is 3. The van der Waals surface area contributed by atoms with E-state index < -0.39 is 7.12 Å². The summed E-state index contributed by atoms with van der Waals surface area (Å²) in [5.41, 5.74) is 2.78. The molecular formula is C21H13BIrNO2-. The Labute approximate surface area is 165 Å². The summed E-state index contributed by atoms with van der Waals surface area (Å²) >= 11 is 0. The molecular weight excluding hydrogens is 501 g/mol. The van der Waals surface area contributed by atoms with Crippen molar-refractivity contribution >= 4 is 23.4 Å². The summed E-state index contributed by atoms with van der Waals surface area (Å²) in [7, 11) is -0.444. The smallest absolute Gasteiger partial charge is 0.520 e. The molecule has 26 heavy (non-hydrogen) atoms. The molecule has 0 bridgehead atoms. The third-order valence-electron chi connectivity index (χ3n) is 4.34. The number of pyridine rings is 1. The number of fused-ring (bicyclic) bond motifs is 2. The standard InChI is InChI=1S/C21H13BNO2.Ir/c1-2-9-18-15(6-1)12-13-23-21(18)16-7-5-8-17(14-16)22-24-19-10-3-4-11-20(19)25-22;/h1-6,8-14H;/q-1;. The molecule has 127 valence electrons. The van der Waals surface area contributed by atoms with Crippen molar-refractivity contribution in [2.75, 3.05) is 0 Å². The van der Waals surface area contributed by atoms with Crippen molar-refractivity contribution in [2.45, 2.75) is 0 Å². The quantitative estimate of drug-likeness (QED) is 0.301. The maximum Gasteiger partial charge on any atom is 0.613 e. The molecule has 0 aliphatic carbocycles. The molecule has 0 unspecified atom stereocenters. The van der Waals surface area contributed by atoms with Crippen LogP contribution in [0.1, 0.15) is 0 Å². The molecule has 1 radical (unpaired) electrons. The third-order valence-corrected chi connectivity index (χ3v) is 4.34. The van der Waals surface area contributed by atoms with Crippen LogP contribution in [0.5, 0.6) is 11.5 Å². The van der Waals surface area contributed by atoms with Gasteiger partial charge in [0.1, 0.15) is 11.5 Å². The van der Waals surface area contributed by atoms with E-state index in [0.29, 0.717) is 0 Å². The number of benzene rings is 3. The van der Waals surface area contributed by atoms with Gasteiger partial charge in [-0.1, -0.05) is 41.9 Å². The Hall–Kier alpha value is -2.62. The van der Waals surface area contributed by atoms with Crippen LogP contribution in [0.25, 0.3) is 22.0 Å². The monoisotopic (exact) mass is 515 g/mol. The minimum Gasteiger partial charge on any atom is -0.520 e. The molecule has 0 N–H and O–H groups in total. The second-order valence-corrected chi connectivity index (χ2v) is 5.93. The first-order chi connectivity index (χ1) is 12.4. The molecule has 5 heteroatoms. The van der Waals surface area contributed by atoms with Gasteiger partial charge in [0.15, 0.2) is 0 Å². The third kappa shape index (κ3) is 2.90. The van der Waals surface area contributed by atoms with E-state index in [1.807, 2.05) is 66.9 Å². The first-order valence-electron chi connectivity index (χ1n) is 8.16. The molecule has 1 aliphatic heterocycles. The van der Waals surface area contributed by atoms with E-state index in [2.05, 4.69) is 23.2 Å². The molecule has 0 saturated heterocycles. The number of hydrogen-bond donors (Lipinski definition) is 0. The second kappa shape index (κ2) is 6.95. The largest absolute Gasteiger partial charge is 0.613 e. The molecule has 0 amide bonds. The molecule has 0 atom stereocenters. The van der Waals surface area contributed by atoms with Gasteiger partial charge in [0.25, 0.3) is 0 Å². The molecule has 1 aromatic heterocycles. The summed E-state index contributed by atoms with van der Waals surface area (Å²) in [6.07, 6.45) is 1.83. The van der Waals surface area contributed by atoms with Crippen molar-refractivity contribution < 1.29 is 29.4 Å². The normalized spacial score (nSPS) is 12.1. The molecule has 5 rings (SSSR count). The van der Waals surface area contributed by atoms with Crippen LogP contribution in [0.3, 0.4) is 0 Å². The molecule has 3 aromatic carbocycles. The van der Waals surface area contributed by atoms with E-state index in [1.165, 1.54) is 0 Å². The summed E-state index contributed by atoms with van der Waals surface area (Å²) < 4.78 is 11.8. The van der Waals surface area contributed by atoms with Crippen LogP contribution in [0, 0.1) is 6.07 Å². The Morgan fingerprint density at radius 3 is 2.38 bits per heavy atom. The zero-order valence-corrected chi connectivity index (χ0v) is 16.1. The first kappa shape index (κ1) is 16.8. The zero-order valence-electron chi connectivity index (χ0n) is 13.7. The molecule has 4 aromatic rings. The average Bonchev–Trinajstić information content (AvgIpc) is 3.12.